The number of hydrogen-bond donors (Lipinski definition) is 0. The summed E-state index contributed by atoms with van der Waals surface area (Å²) in [7, 11) is -2.25. The molecule has 0 atom stereocenters. The van der Waals surface area contributed by atoms with E-state index >= 15 is 0 Å². The molecule has 0 aliphatic carbocycles. The predicted octanol–water partition coefficient (Wildman–Crippen LogP) is 3.98. The lowest BCUT2D eigenvalue weighted by Gasteiger charge is -2.39. The van der Waals surface area contributed by atoms with Crippen molar-refractivity contribution in [2.45, 2.75) is 41.8 Å². The summed E-state index contributed by atoms with van der Waals surface area (Å²) in [6.45, 7) is 4.58. The van der Waals surface area contributed by atoms with Crippen LogP contribution in [0.5, 0.6) is 5.75 Å². The second kappa shape index (κ2) is 8.59. The van der Waals surface area contributed by atoms with Gasteiger partial charge in [-0.05, 0) is 48.4 Å². The Balaban J connectivity index is 1.63. The molecule has 0 bridgehead atoms. The maximum absolute atomic E-state index is 13.8. The molecule has 33 heavy (non-hydrogen) atoms. The Bertz CT molecular complexity index is 1260. The van der Waals surface area contributed by atoms with Gasteiger partial charge in [-0.3, -0.25) is 4.98 Å². The van der Waals surface area contributed by atoms with Crippen molar-refractivity contribution in [3.8, 4) is 5.75 Å². The fraction of sp³-hybridized carbons (Fsp3) is 0.400. The van der Waals surface area contributed by atoms with E-state index in [1.54, 1.807) is 31.4 Å². The fourth-order valence-corrected chi connectivity index (χ4v) is 6.12. The smallest absolute Gasteiger partial charge is 0.210 e. The molecule has 2 fully saturated rings. The summed E-state index contributed by atoms with van der Waals surface area (Å²) >= 11 is 0. The van der Waals surface area contributed by atoms with Gasteiger partial charge in [0.25, 0.3) is 0 Å². The summed E-state index contributed by atoms with van der Waals surface area (Å²) < 4.78 is 44.5. The van der Waals surface area contributed by atoms with Gasteiger partial charge in [0.2, 0.25) is 9.84 Å². The molecule has 0 saturated carbocycles. The number of benzene rings is 2. The van der Waals surface area contributed by atoms with E-state index < -0.39 is 15.6 Å². The summed E-state index contributed by atoms with van der Waals surface area (Å²) in [4.78, 5) is 7.11. The number of piperidine rings is 1. The summed E-state index contributed by atoms with van der Waals surface area (Å²) in [5, 5.41) is 0.855. The average molecular weight is 469 g/mol. The standard InChI is InChI=1S/C25H28N2O5S/c1-3-18-4-9-22-21(16-18)24(27-12-10-25(11-13-27)31-14-15-32-25)23(17-26-22)33(28,29)20-7-5-19(30-2)6-8-20/h4-9,16-17H,3,10-15H2,1-2H3. The van der Waals surface area contributed by atoms with Gasteiger partial charge in [-0.1, -0.05) is 13.0 Å². The fourth-order valence-electron chi connectivity index (χ4n) is 4.69. The first-order valence-electron chi connectivity index (χ1n) is 11.3. The molecule has 0 unspecified atom stereocenters. The SMILES string of the molecule is CCc1ccc2ncc(S(=O)(=O)c3ccc(OC)cc3)c(N3CCC4(CC3)OCCO4)c2c1. The topological polar surface area (TPSA) is 78.0 Å². The molecule has 2 saturated heterocycles. The molecule has 7 nitrogen and oxygen atoms in total. The second-order valence-electron chi connectivity index (χ2n) is 8.45. The number of sulfone groups is 1. The van der Waals surface area contributed by atoms with Crippen LogP contribution in [0.4, 0.5) is 5.69 Å². The van der Waals surface area contributed by atoms with E-state index in [9.17, 15) is 8.42 Å². The molecule has 8 heteroatoms. The molecule has 5 rings (SSSR count). The summed E-state index contributed by atoms with van der Waals surface area (Å²) in [6.07, 6.45) is 3.73. The highest BCUT2D eigenvalue weighted by Crippen LogP contribution is 2.40. The van der Waals surface area contributed by atoms with Crippen LogP contribution in [0.25, 0.3) is 10.9 Å². The summed E-state index contributed by atoms with van der Waals surface area (Å²) in [5.74, 6) is 0.0689. The number of rotatable bonds is 5. The minimum Gasteiger partial charge on any atom is -0.497 e. The Morgan fingerprint density at radius 2 is 1.76 bits per heavy atom. The number of nitrogens with zero attached hydrogens (tertiary/aromatic N) is 2. The number of aryl methyl sites for hydroxylation is 1. The zero-order chi connectivity index (χ0) is 23.1. The Morgan fingerprint density at radius 1 is 1.06 bits per heavy atom. The van der Waals surface area contributed by atoms with E-state index in [1.807, 2.05) is 12.1 Å². The van der Waals surface area contributed by atoms with Crippen LogP contribution in [-0.2, 0) is 25.7 Å². The molecular weight excluding hydrogens is 440 g/mol. The van der Waals surface area contributed by atoms with Crippen molar-refractivity contribution in [1.29, 1.82) is 0 Å². The first kappa shape index (κ1) is 22.1. The van der Waals surface area contributed by atoms with Gasteiger partial charge in [-0.15, -0.1) is 0 Å². The highest BCUT2D eigenvalue weighted by Gasteiger charge is 2.41. The number of aromatic nitrogens is 1. The van der Waals surface area contributed by atoms with Gasteiger partial charge in [0.05, 0.1) is 36.4 Å². The maximum Gasteiger partial charge on any atom is 0.210 e. The zero-order valence-corrected chi connectivity index (χ0v) is 19.7. The van der Waals surface area contributed by atoms with Crippen molar-refractivity contribution in [3.63, 3.8) is 0 Å². The highest BCUT2D eigenvalue weighted by molar-refractivity contribution is 7.91. The van der Waals surface area contributed by atoms with Crippen molar-refractivity contribution in [1.82, 2.24) is 4.98 Å². The van der Waals surface area contributed by atoms with Crippen LogP contribution in [0, 0.1) is 0 Å². The normalized spacial score (nSPS) is 18.2. The lowest BCUT2D eigenvalue weighted by molar-refractivity contribution is -0.169. The van der Waals surface area contributed by atoms with Gasteiger partial charge in [0, 0.05) is 37.5 Å². The third kappa shape index (κ3) is 3.96. The quantitative estimate of drug-likeness (QED) is 0.560. The summed E-state index contributed by atoms with van der Waals surface area (Å²) in [5.41, 5.74) is 2.63. The number of methoxy groups -OCH3 is 1. The Hall–Kier alpha value is -2.68. The van der Waals surface area contributed by atoms with E-state index in [1.165, 1.54) is 6.20 Å². The van der Waals surface area contributed by atoms with Crippen LogP contribution < -0.4 is 9.64 Å². The van der Waals surface area contributed by atoms with E-state index in [2.05, 4.69) is 22.9 Å². The second-order valence-corrected chi connectivity index (χ2v) is 10.4. The van der Waals surface area contributed by atoms with Crippen LogP contribution >= 0.6 is 0 Å². The molecule has 2 aliphatic rings. The number of ether oxygens (including phenoxy) is 3. The van der Waals surface area contributed by atoms with Crippen LogP contribution in [-0.4, -0.2) is 52.6 Å². The first-order chi connectivity index (χ1) is 16.0. The molecule has 1 aromatic heterocycles. The van der Waals surface area contributed by atoms with Crippen molar-refractivity contribution in [3.05, 3.63) is 54.2 Å². The lowest BCUT2D eigenvalue weighted by atomic mass is 10.0. The van der Waals surface area contributed by atoms with Gasteiger partial charge in [-0.2, -0.15) is 0 Å². The van der Waals surface area contributed by atoms with Gasteiger partial charge >= 0.3 is 0 Å². The Morgan fingerprint density at radius 3 is 2.39 bits per heavy atom. The van der Waals surface area contributed by atoms with Gasteiger partial charge in [0.15, 0.2) is 5.79 Å². The van der Waals surface area contributed by atoms with Crippen molar-refractivity contribution in [2.24, 2.45) is 0 Å². The summed E-state index contributed by atoms with van der Waals surface area (Å²) in [6, 6.07) is 12.6. The monoisotopic (exact) mass is 468 g/mol. The lowest BCUT2D eigenvalue weighted by Crippen LogP contribution is -2.45. The van der Waals surface area contributed by atoms with Gasteiger partial charge in [0.1, 0.15) is 10.6 Å². The molecule has 3 heterocycles. The van der Waals surface area contributed by atoms with E-state index in [0.717, 1.165) is 22.9 Å². The van der Waals surface area contributed by atoms with Crippen LogP contribution in [0.1, 0.15) is 25.3 Å². The molecule has 0 N–H and O–H groups in total. The van der Waals surface area contributed by atoms with Crippen LogP contribution in [0.2, 0.25) is 0 Å². The van der Waals surface area contributed by atoms with E-state index in [-0.39, 0.29) is 9.79 Å². The first-order valence-corrected chi connectivity index (χ1v) is 12.8. The molecule has 0 amide bonds. The molecule has 2 aliphatic heterocycles. The number of pyridine rings is 1. The minimum atomic E-state index is -3.80. The van der Waals surface area contributed by atoms with Gasteiger partial charge < -0.3 is 19.1 Å². The maximum atomic E-state index is 13.8. The van der Waals surface area contributed by atoms with Crippen LogP contribution in [0.3, 0.4) is 0 Å². The molecule has 3 aromatic rings. The van der Waals surface area contributed by atoms with E-state index in [4.69, 9.17) is 14.2 Å². The minimum absolute atomic E-state index is 0.216. The highest BCUT2D eigenvalue weighted by atomic mass is 32.2. The average Bonchev–Trinajstić information content (AvgIpc) is 3.31. The molecule has 174 valence electrons. The predicted molar refractivity (Wildman–Crippen MR) is 126 cm³/mol. The zero-order valence-electron chi connectivity index (χ0n) is 18.9. The van der Waals surface area contributed by atoms with Crippen molar-refractivity contribution in [2.75, 3.05) is 38.3 Å². The van der Waals surface area contributed by atoms with E-state index in [0.29, 0.717) is 50.6 Å². The Labute approximate surface area is 194 Å². The largest absolute Gasteiger partial charge is 0.497 e. The molecular formula is C25H28N2O5S. The number of hydrogen-bond acceptors (Lipinski definition) is 7. The van der Waals surface area contributed by atoms with Crippen LogP contribution in [0.15, 0.2) is 58.5 Å². The van der Waals surface area contributed by atoms with Gasteiger partial charge in [-0.25, -0.2) is 8.42 Å². The van der Waals surface area contributed by atoms with Crippen molar-refractivity contribution < 1.29 is 22.6 Å². The van der Waals surface area contributed by atoms with Crippen molar-refractivity contribution >= 4 is 26.4 Å². The molecule has 2 aromatic carbocycles. The molecule has 0 radical (unpaired) electrons. The number of anilines is 1. The Kier molecular flexibility index (Phi) is 5.76. The molecule has 1 spiro atoms. The third-order valence-corrected chi connectivity index (χ3v) is 8.36. The number of fused-ring (bicyclic) bond motifs is 1. The third-order valence-electron chi connectivity index (χ3n) is 6.59.